The van der Waals surface area contributed by atoms with Gasteiger partial charge in [0.2, 0.25) is 27.7 Å². The molecule has 0 radical (unpaired) electrons. The van der Waals surface area contributed by atoms with Crippen LogP contribution in [0.3, 0.4) is 0 Å². The zero-order chi connectivity index (χ0) is 26.1. The fourth-order valence-corrected chi connectivity index (χ4v) is 7.92. The van der Waals surface area contributed by atoms with Gasteiger partial charge in [-0.2, -0.15) is 4.98 Å². The Morgan fingerprint density at radius 3 is 2.21 bits per heavy atom. The molecule has 4 aliphatic rings. The zero-order valence-corrected chi connectivity index (χ0v) is 21.7. The van der Waals surface area contributed by atoms with Crippen molar-refractivity contribution < 1.29 is 21.7 Å². The minimum atomic E-state index is -3.78. The minimum Gasteiger partial charge on any atom is -0.339 e. The Kier molecular flexibility index (Phi) is 5.70. The van der Waals surface area contributed by atoms with Crippen LogP contribution in [0.4, 0.5) is 8.78 Å². The lowest BCUT2D eigenvalue weighted by Crippen LogP contribution is -2.39. The van der Waals surface area contributed by atoms with Crippen molar-refractivity contribution in [2.75, 3.05) is 0 Å². The monoisotopic (exact) mass is 544 g/mol. The molecule has 0 spiro atoms. The summed E-state index contributed by atoms with van der Waals surface area (Å²) in [5, 5.41) is 11.9. The molecule has 1 N–H and O–H groups in total. The van der Waals surface area contributed by atoms with E-state index < -0.39 is 21.9 Å². The number of hydrogen-bond acceptors (Lipinski definition) is 7. The van der Waals surface area contributed by atoms with Crippen LogP contribution in [0.1, 0.15) is 105 Å². The molecule has 1 aromatic carbocycles. The molecule has 2 atom stereocenters. The fourth-order valence-electron chi connectivity index (χ4n) is 6.08. The number of sulfonamides is 1. The number of halogens is 2. The normalized spacial score (nSPS) is 25.8. The molecule has 9 nitrogen and oxygen atoms in total. The molecular weight excluding hydrogens is 514 g/mol. The Balaban J connectivity index is 1.20. The van der Waals surface area contributed by atoms with Crippen molar-refractivity contribution in [1.82, 2.24) is 29.6 Å². The highest BCUT2D eigenvalue weighted by Crippen LogP contribution is 2.51. The van der Waals surface area contributed by atoms with Gasteiger partial charge in [-0.1, -0.05) is 5.16 Å². The van der Waals surface area contributed by atoms with Crippen molar-refractivity contribution in [2.45, 2.75) is 105 Å². The third kappa shape index (κ3) is 4.66. The van der Waals surface area contributed by atoms with Crippen LogP contribution in [0.5, 0.6) is 0 Å². The van der Waals surface area contributed by atoms with Gasteiger partial charge in [0, 0.05) is 36.4 Å². The van der Waals surface area contributed by atoms with Crippen LogP contribution in [0.15, 0.2) is 34.2 Å². The van der Waals surface area contributed by atoms with Crippen LogP contribution in [0, 0.1) is 0 Å². The number of hydrogen-bond donors (Lipinski definition) is 1. The summed E-state index contributed by atoms with van der Waals surface area (Å²) >= 11 is 0. The second-order valence-electron chi connectivity index (χ2n) is 11.5. The van der Waals surface area contributed by atoms with E-state index in [1.54, 1.807) is 12.7 Å². The molecule has 0 amide bonds. The van der Waals surface area contributed by atoms with E-state index in [0.29, 0.717) is 22.7 Å². The molecule has 202 valence electrons. The van der Waals surface area contributed by atoms with E-state index >= 15 is 0 Å². The first-order chi connectivity index (χ1) is 18.3. The summed E-state index contributed by atoms with van der Waals surface area (Å²) in [4.78, 5) is 4.86. The number of aromatic nitrogens is 5. The van der Waals surface area contributed by atoms with E-state index in [1.807, 2.05) is 16.7 Å². The van der Waals surface area contributed by atoms with Crippen LogP contribution < -0.4 is 4.72 Å². The maximum absolute atomic E-state index is 14.0. The third-order valence-corrected chi connectivity index (χ3v) is 10.1. The zero-order valence-electron chi connectivity index (χ0n) is 20.9. The molecule has 0 unspecified atom stereocenters. The summed E-state index contributed by atoms with van der Waals surface area (Å²) in [5.74, 6) is -2.20. The van der Waals surface area contributed by atoms with Gasteiger partial charge in [-0.15, -0.1) is 10.2 Å². The van der Waals surface area contributed by atoms with Gasteiger partial charge in [0.15, 0.2) is 0 Å². The average Bonchev–Trinajstić information content (AvgIpc) is 3.79. The first-order valence-electron chi connectivity index (χ1n) is 13.5. The summed E-state index contributed by atoms with van der Waals surface area (Å²) in [6.07, 6.45) is 9.94. The number of nitrogens with one attached hydrogen (secondary N) is 1. The highest BCUT2D eigenvalue weighted by Gasteiger charge is 2.48. The standard InChI is InChI=1S/C26H30F2N6O3S/c27-26(28)11-18(12-26)25-31-24(32-37-25)17-8-21(15-4-5-15)23(22(9-17)16-6-7-16)38(35,36)33-19-2-1-3-20(10-19)34-13-29-30-14-34/h8-9,13-16,18-20,33H,1-7,10-12H2/t19-,20+/m0/s1. The molecular formula is C26H30F2N6O3S. The first-order valence-corrected chi connectivity index (χ1v) is 15.0. The van der Waals surface area contributed by atoms with Gasteiger partial charge in [-0.3, -0.25) is 0 Å². The Morgan fingerprint density at radius 2 is 1.61 bits per heavy atom. The van der Waals surface area contributed by atoms with Gasteiger partial charge in [0.05, 0.1) is 4.90 Å². The molecule has 4 fully saturated rings. The van der Waals surface area contributed by atoms with Crippen LogP contribution in [-0.2, 0) is 10.0 Å². The van der Waals surface area contributed by atoms with Crippen molar-refractivity contribution in [3.8, 4) is 11.4 Å². The highest BCUT2D eigenvalue weighted by atomic mass is 32.2. The lowest BCUT2D eigenvalue weighted by Gasteiger charge is -2.31. The van der Waals surface area contributed by atoms with Gasteiger partial charge in [-0.25, -0.2) is 21.9 Å². The molecule has 0 aliphatic heterocycles. The van der Waals surface area contributed by atoms with Gasteiger partial charge in [-0.05, 0) is 86.5 Å². The summed E-state index contributed by atoms with van der Waals surface area (Å²) in [6, 6.07) is 3.76. The van der Waals surface area contributed by atoms with Crippen LogP contribution >= 0.6 is 0 Å². The molecule has 38 heavy (non-hydrogen) atoms. The maximum atomic E-state index is 14.0. The number of nitrogens with zero attached hydrogens (tertiary/aromatic N) is 5. The number of rotatable bonds is 8. The summed E-state index contributed by atoms with van der Waals surface area (Å²) < 4.78 is 65.0. The van der Waals surface area contributed by atoms with Gasteiger partial charge >= 0.3 is 0 Å². The van der Waals surface area contributed by atoms with Crippen LogP contribution in [0.25, 0.3) is 11.4 Å². The molecule has 2 aromatic heterocycles. The van der Waals surface area contributed by atoms with Crippen molar-refractivity contribution >= 4 is 10.0 Å². The minimum absolute atomic E-state index is 0.166. The summed E-state index contributed by atoms with van der Waals surface area (Å²) in [5.41, 5.74) is 2.31. The van der Waals surface area contributed by atoms with E-state index in [0.717, 1.165) is 56.1 Å². The second kappa shape index (κ2) is 8.90. The number of alkyl halides is 2. The van der Waals surface area contributed by atoms with Crippen molar-refractivity contribution in [3.05, 3.63) is 41.8 Å². The Bertz CT molecular complexity index is 1410. The Morgan fingerprint density at radius 1 is 0.947 bits per heavy atom. The van der Waals surface area contributed by atoms with E-state index in [1.165, 1.54) is 0 Å². The molecule has 7 rings (SSSR count). The molecule has 4 saturated carbocycles. The number of benzene rings is 1. The second-order valence-corrected chi connectivity index (χ2v) is 13.1. The quantitative estimate of drug-likeness (QED) is 0.422. The van der Waals surface area contributed by atoms with E-state index in [4.69, 9.17) is 4.52 Å². The van der Waals surface area contributed by atoms with E-state index in [9.17, 15) is 17.2 Å². The molecule has 12 heteroatoms. The summed E-state index contributed by atoms with van der Waals surface area (Å²) in [6.45, 7) is 0. The van der Waals surface area contributed by atoms with Crippen molar-refractivity contribution in [3.63, 3.8) is 0 Å². The van der Waals surface area contributed by atoms with Crippen LogP contribution in [-0.4, -0.2) is 45.3 Å². The predicted molar refractivity (Wildman–Crippen MR) is 132 cm³/mol. The largest absolute Gasteiger partial charge is 0.339 e. The third-order valence-electron chi connectivity index (χ3n) is 8.42. The smallest absolute Gasteiger partial charge is 0.249 e. The SMILES string of the molecule is O=S(=O)(N[C@H]1CCC[C@@H](n2cnnc2)C1)c1c(C2CC2)cc(-c2noc(C3CC(F)(F)C3)n2)cc1C1CC1. The van der Waals surface area contributed by atoms with Crippen LogP contribution in [0.2, 0.25) is 0 Å². The van der Waals surface area contributed by atoms with Gasteiger partial charge < -0.3 is 9.09 Å². The lowest BCUT2D eigenvalue weighted by atomic mass is 9.81. The summed E-state index contributed by atoms with van der Waals surface area (Å²) in [7, 11) is -3.78. The van der Waals surface area contributed by atoms with Crippen molar-refractivity contribution in [2.24, 2.45) is 0 Å². The van der Waals surface area contributed by atoms with E-state index in [-0.39, 0.29) is 42.7 Å². The predicted octanol–water partition coefficient (Wildman–Crippen LogP) is 5.06. The van der Waals surface area contributed by atoms with Gasteiger partial charge in [0.25, 0.3) is 0 Å². The maximum Gasteiger partial charge on any atom is 0.249 e. The van der Waals surface area contributed by atoms with Crippen molar-refractivity contribution in [1.29, 1.82) is 0 Å². The topological polar surface area (TPSA) is 116 Å². The average molecular weight is 545 g/mol. The lowest BCUT2D eigenvalue weighted by molar-refractivity contribution is -0.0925. The molecule has 0 saturated heterocycles. The fraction of sp³-hybridized carbons (Fsp3) is 0.615. The molecule has 4 aliphatic carbocycles. The Hall–Kier alpha value is -2.73. The Labute approximate surface area is 219 Å². The molecule has 3 aromatic rings. The first kappa shape index (κ1) is 24.3. The van der Waals surface area contributed by atoms with Gasteiger partial charge in [0.1, 0.15) is 12.7 Å². The van der Waals surface area contributed by atoms with E-state index in [2.05, 4.69) is 25.1 Å². The molecule has 0 bridgehead atoms. The molecule has 2 heterocycles. The highest BCUT2D eigenvalue weighted by molar-refractivity contribution is 7.89.